The molecule has 144 valence electrons. The Balaban J connectivity index is 0.00000243. The van der Waals surface area contributed by atoms with Gasteiger partial charge in [0.25, 0.3) is 0 Å². The quantitative estimate of drug-likeness (QED) is 0.788. The van der Waals surface area contributed by atoms with Crippen molar-refractivity contribution in [2.75, 3.05) is 32.8 Å². The Bertz CT molecular complexity index is 622. The number of nitrogens with two attached hydrogens (primary N) is 1. The van der Waals surface area contributed by atoms with Gasteiger partial charge in [0.1, 0.15) is 0 Å². The Hall–Kier alpha value is -1.14. The average molecular weight is 401 g/mol. The van der Waals surface area contributed by atoms with E-state index in [2.05, 4.69) is 0 Å². The van der Waals surface area contributed by atoms with Crippen molar-refractivity contribution < 1.29 is 14.3 Å². The number of likely N-dealkylation sites (tertiary alicyclic amines) is 1. The van der Waals surface area contributed by atoms with Crippen molar-refractivity contribution in [1.29, 1.82) is 0 Å². The van der Waals surface area contributed by atoms with Gasteiger partial charge in [-0.25, -0.2) is 0 Å². The Labute approximate surface area is 165 Å². The molecule has 3 rings (SSSR count). The van der Waals surface area contributed by atoms with Crippen LogP contribution < -0.4 is 5.73 Å². The molecule has 1 amide bonds. The second-order valence-electron chi connectivity index (χ2n) is 7.03. The first kappa shape index (κ1) is 21.2. The lowest BCUT2D eigenvalue weighted by atomic mass is 9.78. The maximum absolute atomic E-state index is 13.0. The summed E-state index contributed by atoms with van der Waals surface area (Å²) in [6.45, 7) is 2.78. The molecule has 7 heteroatoms. The predicted octanol–water partition coefficient (Wildman–Crippen LogP) is 2.94. The van der Waals surface area contributed by atoms with E-state index in [0.29, 0.717) is 69.1 Å². The van der Waals surface area contributed by atoms with Crippen molar-refractivity contribution in [3.8, 4) is 0 Å². The topological polar surface area (TPSA) is 72.6 Å². The number of nitrogens with zero attached hydrogens (tertiary/aromatic N) is 1. The fraction of sp³-hybridized carbons (Fsp3) is 0.579. The number of ketones is 1. The molecule has 2 fully saturated rings. The molecule has 2 aliphatic rings. The molecule has 0 spiro atoms. The van der Waals surface area contributed by atoms with E-state index < -0.39 is 5.41 Å². The van der Waals surface area contributed by atoms with Gasteiger partial charge in [0, 0.05) is 49.4 Å². The van der Waals surface area contributed by atoms with Gasteiger partial charge in [-0.15, -0.1) is 12.4 Å². The first-order chi connectivity index (χ1) is 12.1. The van der Waals surface area contributed by atoms with Gasteiger partial charge >= 0.3 is 0 Å². The van der Waals surface area contributed by atoms with E-state index in [1.165, 1.54) is 0 Å². The molecule has 0 aromatic heterocycles. The molecule has 0 radical (unpaired) electrons. The van der Waals surface area contributed by atoms with Crippen molar-refractivity contribution in [3.05, 3.63) is 34.9 Å². The van der Waals surface area contributed by atoms with Gasteiger partial charge in [0.2, 0.25) is 5.91 Å². The van der Waals surface area contributed by atoms with Crippen LogP contribution in [0.15, 0.2) is 24.3 Å². The van der Waals surface area contributed by atoms with Gasteiger partial charge in [-0.05, 0) is 49.9 Å². The molecule has 0 atom stereocenters. The third-order valence-corrected chi connectivity index (χ3v) is 5.83. The van der Waals surface area contributed by atoms with Crippen LogP contribution >= 0.6 is 24.0 Å². The number of carbonyl (C=O) groups excluding carboxylic acids is 2. The summed E-state index contributed by atoms with van der Waals surface area (Å²) in [4.78, 5) is 27.5. The Morgan fingerprint density at radius 3 is 2.27 bits per heavy atom. The molecule has 0 saturated carbocycles. The van der Waals surface area contributed by atoms with Crippen LogP contribution in [0.25, 0.3) is 0 Å². The first-order valence-electron chi connectivity index (χ1n) is 8.93. The van der Waals surface area contributed by atoms with Crippen LogP contribution in [0.5, 0.6) is 0 Å². The van der Waals surface area contributed by atoms with Crippen molar-refractivity contribution in [3.63, 3.8) is 0 Å². The highest BCUT2D eigenvalue weighted by atomic mass is 35.5. The Morgan fingerprint density at radius 2 is 1.73 bits per heavy atom. The summed E-state index contributed by atoms with van der Waals surface area (Å²) in [6.07, 6.45) is 2.77. The van der Waals surface area contributed by atoms with Crippen LogP contribution in [0, 0.1) is 11.3 Å². The second-order valence-corrected chi connectivity index (χ2v) is 7.47. The number of piperidine rings is 1. The number of amides is 1. The molecule has 2 aliphatic heterocycles. The van der Waals surface area contributed by atoms with E-state index >= 15 is 0 Å². The molecule has 2 heterocycles. The molecule has 26 heavy (non-hydrogen) atoms. The van der Waals surface area contributed by atoms with Crippen LogP contribution in [0.3, 0.4) is 0 Å². The SMILES string of the molecule is Cl.NCC1(C(=O)N2CCC(C(=O)c3ccc(Cl)cc3)CC2)CCOCC1. The maximum Gasteiger partial charge on any atom is 0.230 e. The molecule has 0 aliphatic carbocycles. The number of carbonyl (C=O) groups is 2. The van der Waals surface area contributed by atoms with Gasteiger partial charge in [-0.2, -0.15) is 0 Å². The minimum absolute atomic E-state index is 0. The van der Waals surface area contributed by atoms with Crippen LogP contribution in [-0.4, -0.2) is 49.4 Å². The third-order valence-electron chi connectivity index (χ3n) is 5.58. The average Bonchev–Trinajstić information content (AvgIpc) is 2.68. The van der Waals surface area contributed by atoms with Gasteiger partial charge < -0.3 is 15.4 Å². The molecule has 5 nitrogen and oxygen atoms in total. The number of hydrogen-bond acceptors (Lipinski definition) is 4. The molecule has 1 aromatic rings. The van der Waals surface area contributed by atoms with Crippen LogP contribution in [0.2, 0.25) is 5.02 Å². The summed E-state index contributed by atoms with van der Waals surface area (Å²) >= 11 is 5.88. The second kappa shape index (κ2) is 9.18. The van der Waals surface area contributed by atoms with Crippen molar-refractivity contribution in [2.45, 2.75) is 25.7 Å². The van der Waals surface area contributed by atoms with E-state index in [1.807, 2.05) is 4.90 Å². The standard InChI is InChI=1S/C19H25ClN2O3.ClH/c20-16-3-1-14(2-4-16)17(23)15-5-9-22(10-6-15)18(24)19(13-21)7-11-25-12-8-19;/h1-4,15H,5-13,21H2;1H. The summed E-state index contributed by atoms with van der Waals surface area (Å²) in [5.41, 5.74) is 6.15. The van der Waals surface area contributed by atoms with Crippen LogP contribution in [0.4, 0.5) is 0 Å². The van der Waals surface area contributed by atoms with Crippen LogP contribution in [-0.2, 0) is 9.53 Å². The lowest BCUT2D eigenvalue weighted by molar-refractivity contribution is -0.148. The molecule has 1 aromatic carbocycles. The zero-order valence-corrected chi connectivity index (χ0v) is 16.4. The lowest BCUT2D eigenvalue weighted by Gasteiger charge is -2.41. The number of benzene rings is 1. The van der Waals surface area contributed by atoms with E-state index in [-0.39, 0.29) is 30.0 Å². The summed E-state index contributed by atoms with van der Waals surface area (Å²) in [6, 6.07) is 7.02. The third kappa shape index (κ3) is 4.39. The van der Waals surface area contributed by atoms with Gasteiger partial charge in [0.05, 0.1) is 5.41 Å². The Kier molecular flexibility index (Phi) is 7.47. The molecule has 0 bridgehead atoms. The van der Waals surface area contributed by atoms with Crippen molar-refractivity contribution in [2.24, 2.45) is 17.1 Å². The molecular weight excluding hydrogens is 375 g/mol. The van der Waals surface area contributed by atoms with Gasteiger partial charge in [-0.3, -0.25) is 9.59 Å². The minimum Gasteiger partial charge on any atom is -0.381 e. The largest absolute Gasteiger partial charge is 0.381 e. The Morgan fingerprint density at radius 1 is 1.15 bits per heavy atom. The number of rotatable bonds is 4. The summed E-state index contributed by atoms with van der Waals surface area (Å²) in [5, 5.41) is 0.625. The molecular formula is C19H26Cl2N2O3. The smallest absolute Gasteiger partial charge is 0.230 e. The van der Waals surface area contributed by atoms with Gasteiger partial charge in [0.15, 0.2) is 5.78 Å². The number of Topliss-reactive ketones (excluding diaryl/α,β-unsaturated/α-hetero) is 1. The zero-order valence-electron chi connectivity index (χ0n) is 14.8. The highest BCUT2D eigenvalue weighted by molar-refractivity contribution is 6.30. The van der Waals surface area contributed by atoms with Gasteiger partial charge in [-0.1, -0.05) is 11.6 Å². The van der Waals surface area contributed by atoms with Crippen molar-refractivity contribution >= 4 is 35.7 Å². The fourth-order valence-electron chi connectivity index (χ4n) is 3.80. The molecule has 2 N–H and O–H groups in total. The molecule has 0 unspecified atom stereocenters. The van der Waals surface area contributed by atoms with Crippen LogP contribution in [0.1, 0.15) is 36.0 Å². The normalized spacial score (nSPS) is 20.3. The summed E-state index contributed by atoms with van der Waals surface area (Å²) in [7, 11) is 0. The first-order valence-corrected chi connectivity index (χ1v) is 9.30. The lowest BCUT2D eigenvalue weighted by Crippen LogP contribution is -2.53. The monoisotopic (exact) mass is 400 g/mol. The zero-order chi connectivity index (χ0) is 17.9. The highest BCUT2D eigenvalue weighted by Crippen LogP contribution is 2.33. The number of ether oxygens (including phenoxy) is 1. The van der Waals surface area contributed by atoms with E-state index in [9.17, 15) is 9.59 Å². The van der Waals surface area contributed by atoms with E-state index in [4.69, 9.17) is 22.1 Å². The highest BCUT2D eigenvalue weighted by Gasteiger charge is 2.42. The summed E-state index contributed by atoms with van der Waals surface area (Å²) < 4.78 is 5.39. The van der Waals surface area contributed by atoms with E-state index in [0.717, 1.165) is 0 Å². The minimum atomic E-state index is -0.481. The summed E-state index contributed by atoms with van der Waals surface area (Å²) in [5.74, 6) is 0.243. The van der Waals surface area contributed by atoms with E-state index in [1.54, 1.807) is 24.3 Å². The van der Waals surface area contributed by atoms with Crippen molar-refractivity contribution in [1.82, 2.24) is 4.90 Å². The maximum atomic E-state index is 13.0. The molecule has 2 saturated heterocycles. The predicted molar refractivity (Wildman–Crippen MR) is 104 cm³/mol. The fourth-order valence-corrected chi connectivity index (χ4v) is 3.92. The number of hydrogen-bond donors (Lipinski definition) is 1. The number of halogens is 2.